The molecule has 0 spiro atoms. The van der Waals surface area contributed by atoms with Gasteiger partial charge in [0.25, 0.3) is 0 Å². The molecule has 0 saturated heterocycles. The number of aliphatic hydroxyl groups excluding tert-OH is 1. The van der Waals surface area contributed by atoms with Crippen molar-refractivity contribution in [1.29, 1.82) is 0 Å². The van der Waals surface area contributed by atoms with Gasteiger partial charge in [-0.1, -0.05) is 12.8 Å². The summed E-state index contributed by atoms with van der Waals surface area (Å²) < 4.78 is 4.98. The van der Waals surface area contributed by atoms with E-state index in [4.69, 9.17) is 4.74 Å². The summed E-state index contributed by atoms with van der Waals surface area (Å²) in [6.45, 7) is 2.49. The number of rotatable bonds is 4. The lowest BCUT2D eigenvalue weighted by Crippen LogP contribution is -2.46. The van der Waals surface area contributed by atoms with Crippen LogP contribution in [0, 0.1) is 0 Å². The topological polar surface area (TPSA) is 58.6 Å². The first kappa shape index (κ1) is 11.5. The zero-order chi connectivity index (χ0) is 10.4. The maximum atomic E-state index is 11.3. The normalized spacial score (nSPS) is 27.3. The maximum Gasteiger partial charge on any atom is 0.246 e. The lowest BCUT2D eigenvalue weighted by atomic mass is 9.92. The number of aliphatic hydroxyl groups is 1. The summed E-state index contributed by atoms with van der Waals surface area (Å²) in [5.74, 6) is -0.127. The van der Waals surface area contributed by atoms with Crippen LogP contribution in [0.15, 0.2) is 0 Å². The van der Waals surface area contributed by atoms with Crippen molar-refractivity contribution >= 4 is 5.91 Å². The first-order chi connectivity index (χ1) is 6.74. The highest BCUT2D eigenvalue weighted by atomic mass is 16.5. The lowest BCUT2D eigenvalue weighted by molar-refractivity contribution is -0.127. The van der Waals surface area contributed by atoms with Crippen molar-refractivity contribution in [1.82, 2.24) is 5.32 Å². The highest BCUT2D eigenvalue weighted by Crippen LogP contribution is 2.18. The monoisotopic (exact) mass is 201 g/mol. The van der Waals surface area contributed by atoms with Gasteiger partial charge in [0.15, 0.2) is 0 Å². The van der Waals surface area contributed by atoms with Crippen molar-refractivity contribution in [3.05, 3.63) is 0 Å². The van der Waals surface area contributed by atoms with E-state index in [0.29, 0.717) is 6.61 Å². The van der Waals surface area contributed by atoms with Crippen molar-refractivity contribution in [3.8, 4) is 0 Å². The molecular weight excluding hydrogens is 182 g/mol. The number of hydrogen-bond donors (Lipinski definition) is 2. The Kier molecular flexibility index (Phi) is 4.90. The Hall–Kier alpha value is -0.610. The van der Waals surface area contributed by atoms with E-state index in [2.05, 4.69) is 5.32 Å². The number of amides is 1. The molecule has 4 heteroatoms. The fourth-order valence-electron chi connectivity index (χ4n) is 1.72. The quantitative estimate of drug-likeness (QED) is 0.694. The Morgan fingerprint density at radius 3 is 2.86 bits per heavy atom. The molecule has 1 rings (SSSR count). The molecule has 0 heterocycles. The first-order valence-corrected chi connectivity index (χ1v) is 5.29. The molecule has 14 heavy (non-hydrogen) atoms. The summed E-state index contributed by atoms with van der Waals surface area (Å²) in [5, 5.41) is 12.4. The van der Waals surface area contributed by atoms with E-state index >= 15 is 0 Å². The Morgan fingerprint density at radius 2 is 2.21 bits per heavy atom. The van der Waals surface area contributed by atoms with Crippen LogP contribution in [0.25, 0.3) is 0 Å². The molecule has 0 aromatic heterocycles. The minimum atomic E-state index is -0.380. The second-order valence-corrected chi connectivity index (χ2v) is 3.66. The molecule has 1 aliphatic rings. The maximum absolute atomic E-state index is 11.3. The molecule has 0 aromatic carbocycles. The van der Waals surface area contributed by atoms with E-state index in [-0.39, 0.29) is 24.7 Å². The number of ether oxygens (including phenoxy) is 1. The summed E-state index contributed by atoms with van der Waals surface area (Å²) in [6, 6.07) is -0.0725. The van der Waals surface area contributed by atoms with Crippen LogP contribution in [0.3, 0.4) is 0 Å². The number of carbonyl (C=O) groups excluding carboxylic acids is 1. The molecule has 0 radical (unpaired) electrons. The van der Waals surface area contributed by atoms with Gasteiger partial charge in [-0.25, -0.2) is 0 Å². The van der Waals surface area contributed by atoms with Crippen LogP contribution < -0.4 is 5.32 Å². The molecule has 2 unspecified atom stereocenters. The van der Waals surface area contributed by atoms with Gasteiger partial charge >= 0.3 is 0 Å². The summed E-state index contributed by atoms with van der Waals surface area (Å²) in [6.07, 6.45) is 3.42. The Morgan fingerprint density at radius 1 is 1.50 bits per heavy atom. The third kappa shape index (κ3) is 3.64. The molecule has 2 atom stereocenters. The molecular formula is C10H19NO3. The highest BCUT2D eigenvalue weighted by molar-refractivity contribution is 5.77. The second kappa shape index (κ2) is 5.98. The van der Waals surface area contributed by atoms with Crippen molar-refractivity contribution in [2.75, 3.05) is 13.2 Å². The van der Waals surface area contributed by atoms with Gasteiger partial charge in [-0.05, 0) is 19.8 Å². The SMILES string of the molecule is CCOCC(=O)NC1CCCCC1O. The van der Waals surface area contributed by atoms with Gasteiger partial charge < -0.3 is 15.2 Å². The highest BCUT2D eigenvalue weighted by Gasteiger charge is 2.24. The Labute approximate surface area is 84.6 Å². The van der Waals surface area contributed by atoms with Crippen LogP contribution in [0.4, 0.5) is 0 Å². The fourth-order valence-corrected chi connectivity index (χ4v) is 1.72. The molecule has 82 valence electrons. The number of carbonyl (C=O) groups is 1. The van der Waals surface area contributed by atoms with Crippen LogP contribution in [0.5, 0.6) is 0 Å². The molecule has 1 amide bonds. The van der Waals surface area contributed by atoms with Crippen LogP contribution in [-0.4, -0.2) is 36.4 Å². The van der Waals surface area contributed by atoms with Crippen molar-refractivity contribution in [3.63, 3.8) is 0 Å². The van der Waals surface area contributed by atoms with Gasteiger partial charge in [-0.3, -0.25) is 4.79 Å². The average Bonchev–Trinajstić information content (AvgIpc) is 2.18. The largest absolute Gasteiger partial charge is 0.391 e. The van der Waals surface area contributed by atoms with E-state index in [9.17, 15) is 9.90 Å². The zero-order valence-electron chi connectivity index (χ0n) is 8.66. The lowest BCUT2D eigenvalue weighted by Gasteiger charge is -2.28. The minimum absolute atomic E-state index is 0.0725. The molecule has 4 nitrogen and oxygen atoms in total. The predicted octanol–water partition coefficient (Wildman–Crippen LogP) is 0.443. The minimum Gasteiger partial charge on any atom is -0.391 e. The smallest absolute Gasteiger partial charge is 0.246 e. The van der Waals surface area contributed by atoms with E-state index < -0.39 is 0 Å². The van der Waals surface area contributed by atoms with Gasteiger partial charge in [0.2, 0.25) is 5.91 Å². The standard InChI is InChI=1S/C10H19NO3/c1-2-14-7-10(13)11-8-5-3-4-6-9(8)12/h8-9,12H,2-7H2,1H3,(H,11,13). The van der Waals surface area contributed by atoms with Gasteiger partial charge in [0, 0.05) is 6.61 Å². The average molecular weight is 201 g/mol. The van der Waals surface area contributed by atoms with Crippen LogP contribution in [0.2, 0.25) is 0 Å². The van der Waals surface area contributed by atoms with Crippen LogP contribution in [0.1, 0.15) is 32.6 Å². The van der Waals surface area contributed by atoms with Crippen molar-refractivity contribution in [2.24, 2.45) is 0 Å². The number of nitrogens with one attached hydrogen (secondary N) is 1. The van der Waals surface area contributed by atoms with Gasteiger partial charge in [0.05, 0.1) is 12.1 Å². The van der Waals surface area contributed by atoms with Crippen molar-refractivity contribution < 1.29 is 14.6 Å². The third-order valence-electron chi connectivity index (χ3n) is 2.51. The van der Waals surface area contributed by atoms with E-state index in [0.717, 1.165) is 25.7 Å². The number of hydrogen-bond acceptors (Lipinski definition) is 3. The molecule has 0 aliphatic heterocycles. The van der Waals surface area contributed by atoms with E-state index in [1.165, 1.54) is 0 Å². The molecule has 1 aliphatic carbocycles. The van der Waals surface area contributed by atoms with Gasteiger partial charge in [0.1, 0.15) is 6.61 Å². The van der Waals surface area contributed by atoms with Gasteiger partial charge in [-0.2, -0.15) is 0 Å². The summed E-state index contributed by atoms with van der Waals surface area (Å²) in [5.41, 5.74) is 0. The van der Waals surface area contributed by atoms with Crippen LogP contribution >= 0.6 is 0 Å². The summed E-state index contributed by atoms with van der Waals surface area (Å²) >= 11 is 0. The van der Waals surface area contributed by atoms with E-state index in [1.807, 2.05) is 6.92 Å². The summed E-state index contributed by atoms with van der Waals surface area (Å²) in [4.78, 5) is 11.3. The summed E-state index contributed by atoms with van der Waals surface area (Å²) in [7, 11) is 0. The molecule has 0 aromatic rings. The molecule has 1 saturated carbocycles. The molecule has 0 bridgehead atoms. The Bertz CT molecular complexity index is 184. The molecule has 2 N–H and O–H groups in total. The third-order valence-corrected chi connectivity index (χ3v) is 2.51. The fraction of sp³-hybridized carbons (Fsp3) is 0.900. The van der Waals surface area contributed by atoms with Gasteiger partial charge in [-0.15, -0.1) is 0 Å². The van der Waals surface area contributed by atoms with E-state index in [1.54, 1.807) is 0 Å². The second-order valence-electron chi connectivity index (χ2n) is 3.66. The first-order valence-electron chi connectivity index (χ1n) is 5.29. The van der Waals surface area contributed by atoms with Crippen molar-refractivity contribution in [2.45, 2.75) is 44.8 Å². The predicted molar refractivity (Wildman–Crippen MR) is 52.9 cm³/mol. The molecule has 1 fully saturated rings. The Balaban J connectivity index is 2.23. The zero-order valence-corrected chi connectivity index (χ0v) is 8.66. The van der Waals surface area contributed by atoms with Crippen LogP contribution in [-0.2, 0) is 9.53 Å².